The van der Waals surface area contributed by atoms with Crippen LogP contribution >= 0.6 is 23.2 Å². The molecule has 0 fully saturated rings. The molecular weight excluding hydrogens is 373 g/mol. The van der Waals surface area contributed by atoms with Crippen LogP contribution in [0.25, 0.3) is 10.9 Å². The highest BCUT2D eigenvalue weighted by Gasteiger charge is 2.16. The third-order valence-electron chi connectivity index (χ3n) is 4.00. The maximum Gasteiger partial charge on any atom is 0.277 e. The van der Waals surface area contributed by atoms with Crippen molar-refractivity contribution >= 4 is 45.8 Å². The number of aromatic nitrogens is 4. The number of carbonyl (C=O) groups excluding carboxylic acids is 1. The molecule has 26 heavy (non-hydrogen) atoms. The number of H-pyrrole nitrogens is 1. The van der Waals surface area contributed by atoms with E-state index >= 15 is 0 Å². The molecule has 0 saturated carbocycles. The Hall–Kier alpha value is -2.83. The lowest BCUT2D eigenvalue weighted by molar-refractivity contribution is 0.102. The van der Waals surface area contributed by atoms with Gasteiger partial charge >= 0.3 is 0 Å². The molecular formula is C18H13Cl2N5O. The van der Waals surface area contributed by atoms with Gasteiger partial charge in [0.25, 0.3) is 5.91 Å². The summed E-state index contributed by atoms with van der Waals surface area (Å²) >= 11 is 12.3. The third-order valence-corrected chi connectivity index (χ3v) is 4.85. The van der Waals surface area contributed by atoms with Gasteiger partial charge in [0.15, 0.2) is 5.69 Å². The number of amides is 1. The van der Waals surface area contributed by atoms with Gasteiger partial charge in [0.2, 0.25) is 0 Å². The minimum atomic E-state index is -0.318. The minimum absolute atomic E-state index is 0.318. The van der Waals surface area contributed by atoms with E-state index < -0.39 is 0 Å². The van der Waals surface area contributed by atoms with Crippen LogP contribution in [0.15, 0.2) is 54.7 Å². The molecule has 4 rings (SSSR count). The molecule has 0 saturated heterocycles. The van der Waals surface area contributed by atoms with Crippen molar-refractivity contribution in [2.45, 2.75) is 6.54 Å². The predicted molar refractivity (Wildman–Crippen MR) is 102 cm³/mol. The number of hydrogen-bond donors (Lipinski definition) is 2. The lowest BCUT2D eigenvalue weighted by Gasteiger charge is -2.10. The van der Waals surface area contributed by atoms with Gasteiger partial charge in [-0.2, -0.15) is 10.2 Å². The second-order valence-electron chi connectivity index (χ2n) is 5.66. The first-order valence-electron chi connectivity index (χ1n) is 7.82. The van der Waals surface area contributed by atoms with Crippen LogP contribution in [-0.4, -0.2) is 25.9 Å². The molecule has 6 nitrogen and oxygen atoms in total. The zero-order valence-electron chi connectivity index (χ0n) is 13.4. The van der Waals surface area contributed by atoms with Gasteiger partial charge in [-0.25, -0.2) is 4.68 Å². The maximum atomic E-state index is 12.6. The number of anilines is 1. The van der Waals surface area contributed by atoms with Gasteiger partial charge in [-0.1, -0.05) is 53.5 Å². The Morgan fingerprint density at radius 1 is 1.12 bits per heavy atom. The summed E-state index contributed by atoms with van der Waals surface area (Å²) in [7, 11) is 0. The Kier molecular flexibility index (Phi) is 4.36. The average Bonchev–Trinajstić information content (AvgIpc) is 3.26. The number of aromatic amines is 1. The first-order valence-corrected chi connectivity index (χ1v) is 8.58. The summed E-state index contributed by atoms with van der Waals surface area (Å²) in [5.41, 5.74) is 1.94. The summed E-state index contributed by atoms with van der Waals surface area (Å²) < 4.78 is 1.64. The predicted octanol–water partition coefficient (Wildman–Crippen LogP) is 4.37. The van der Waals surface area contributed by atoms with Crippen molar-refractivity contribution in [3.8, 4) is 0 Å². The number of para-hydroxylation sites is 1. The Morgan fingerprint density at radius 3 is 2.85 bits per heavy atom. The molecule has 2 N–H and O–H groups in total. The fourth-order valence-corrected chi connectivity index (χ4v) is 3.09. The van der Waals surface area contributed by atoms with E-state index in [2.05, 4.69) is 20.6 Å². The molecule has 0 bridgehead atoms. The average molecular weight is 386 g/mol. The Morgan fingerprint density at radius 2 is 1.96 bits per heavy atom. The van der Waals surface area contributed by atoms with Gasteiger partial charge in [-0.05, 0) is 17.7 Å². The minimum Gasteiger partial charge on any atom is -0.305 e. The highest BCUT2D eigenvalue weighted by molar-refractivity contribution is 6.42. The van der Waals surface area contributed by atoms with Crippen molar-refractivity contribution in [1.82, 2.24) is 20.0 Å². The van der Waals surface area contributed by atoms with Gasteiger partial charge in [0, 0.05) is 11.5 Å². The molecule has 0 aliphatic heterocycles. The van der Waals surface area contributed by atoms with Crippen LogP contribution in [0.5, 0.6) is 0 Å². The molecule has 0 unspecified atom stereocenters. The van der Waals surface area contributed by atoms with Crippen molar-refractivity contribution in [2.24, 2.45) is 0 Å². The summed E-state index contributed by atoms with van der Waals surface area (Å²) in [6.45, 7) is 0.378. The molecule has 0 spiro atoms. The molecule has 8 heteroatoms. The number of fused-ring (bicyclic) bond motifs is 1. The summed E-state index contributed by atoms with van der Waals surface area (Å²) in [4.78, 5) is 12.6. The lowest BCUT2D eigenvalue weighted by atomic mass is 10.2. The smallest absolute Gasteiger partial charge is 0.277 e. The molecule has 0 radical (unpaired) electrons. The first kappa shape index (κ1) is 16.6. The van der Waals surface area contributed by atoms with E-state index in [9.17, 15) is 4.79 Å². The number of nitrogens with zero attached hydrogens (tertiary/aromatic N) is 3. The molecule has 4 aromatic rings. The van der Waals surface area contributed by atoms with Gasteiger partial charge in [0.1, 0.15) is 5.82 Å². The van der Waals surface area contributed by atoms with E-state index in [4.69, 9.17) is 23.2 Å². The number of halogens is 2. The molecule has 2 aromatic heterocycles. The highest BCUT2D eigenvalue weighted by Crippen LogP contribution is 2.27. The van der Waals surface area contributed by atoms with Crippen molar-refractivity contribution in [3.63, 3.8) is 0 Å². The van der Waals surface area contributed by atoms with Crippen molar-refractivity contribution in [2.75, 3.05) is 5.32 Å². The largest absolute Gasteiger partial charge is 0.305 e. The maximum absolute atomic E-state index is 12.6. The second kappa shape index (κ2) is 6.82. The summed E-state index contributed by atoms with van der Waals surface area (Å²) in [5.74, 6) is 0.222. The van der Waals surface area contributed by atoms with Crippen LogP contribution in [0.1, 0.15) is 16.1 Å². The number of carbonyl (C=O) groups is 1. The first-order chi connectivity index (χ1) is 12.6. The van der Waals surface area contributed by atoms with Crippen LogP contribution in [-0.2, 0) is 6.54 Å². The molecule has 0 aliphatic carbocycles. The standard InChI is InChI=1S/C18H13Cl2N5O/c19-13-6-3-4-11(16(13)20)10-25-15(8-9-21-25)22-18(26)17-12-5-1-2-7-14(12)23-24-17/h1-9H,10H2,(H,22,26)(H,23,24). The van der Waals surface area contributed by atoms with Crippen molar-refractivity contribution in [3.05, 3.63) is 76.0 Å². The third kappa shape index (κ3) is 3.05. The SMILES string of the molecule is O=C(Nc1ccnn1Cc1cccc(Cl)c1Cl)c1n[nH]c2ccccc12. The van der Waals surface area contributed by atoms with E-state index in [0.29, 0.717) is 28.1 Å². The van der Waals surface area contributed by atoms with Crippen molar-refractivity contribution < 1.29 is 4.79 Å². The summed E-state index contributed by atoms with van der Waals surface area (Å²) in [6, 6.07) is 14.6. The van der Waals surface area contributed by atoms with Gasteiger partial charge in [-0.15, -0.1) is 0 Å². The summed E-state index contributed by atoms with van der Waals surface area (Å²) in [5, 5.41) is 15.8. The number of rotatable bonds is 4. The molecule has 1 amide bonds. The van der Waals surface area contributed by atoms with E-state index in [1.807, 2.05) is 36.4 Å². The Balaban J connectivity index is 1.59. The van der Waals surface area contributed by atoms with E-state index in [1.165, 1.54) is 0 Å². The molecule has 2 aromatic carbocycles. The number of benzene rings is 2. The van der Waals surface area contributed by atoms with Gasteiger partial charge in [-0.3, -0.25) is 9.89 Å². The van der Waals surface area contributed by atoms with Crippen LogP contribution in [0.2, 0.25) is 10.0 Å². The molecule has 0 atom stereocenters. The van der Waals surface area contributed by atoms with E-state index in [0.717, 1.165) is 16.5 Å². The van der Waals surface area contributed by atoms with Crippen LogP contribution < -0.4 is 5.32 Å². The molecule has 0 aliphatic rings. The number of nitrogens with one attached hydrogen (secondary N) is 2. The quantitative estimate of drug-likeness (QED) is 0.547. The van der Waals surface area contributed by atoms with E-state index in [-0.39, 0.29) is 5.91 Å². The number of hydrogen-bond acceptors (Lipinski definition) is 3. The highest BCUT2D eigenvalue weighted by atomic mass is 35.5. The van der Waals surface area contributed by atoms with Crippen LogP contribution in [0, 0.1) is 0 Å². The lowest BCUT2D eigenvalue weighted by Crippen LogP contribution is -2.17. The molecule has 2 heterocycles. The Labute approximate surface area is 158 Å². The zero-order valence-corrected chi connectivity index (χ0v) is 14.9. The van der Waals surface area contributed by atoms with Gasteiger partial charge in [0.05, 0.1) is 28.3 Å². The van der Waals surface area contributed by atoms with Crippen LogP contribution in [0.4, 0.5) is 5.82 Å². The monoisotopic (exact) mass is 385 g/mol. The Bertz CT molecular complexity index is 1100. The fourth-order valence-electron chi connectivity index (χ4n) is 2.71. The zero-order chi connectivity index (χ0) is 18.1. The van der Waals surface area contributed by atoms with Crippen molar-refractivity contribution in [1.29, 1.82) is 0 Å². The van der Waals surface area contributed by atoms with E-state index in [1.54, 1.807) is 23.0 Å². The summed E-state index contributed by atoms with van der Waals surface area (Å²) in [6.07, 6.45) is 1.61. The fraction of sp³-hybridized carbons (Fsp3) is 0.0556. The normalized spacial score (nSPS) is 11.0. The second-order valence-corrected chi connectivity index (χ2v) is 6.44. The molecule has 130 valence electrons. The topological polar surface area (TPSA) is 75.6 Å². The van der Waals surface area contributed by atoms with Crippen LogP contribution in [0.3, 0.4) is 0 Å². The van der Waals surface area contributed by atoms with Gasteiger partial charge < -0.3 is 5.32 Å².